The maximum atomic E-state index is 13.0. The number of halogens is 2. The molecule has 1 aromatic carbocycles. The van der Waals surface area contributed by atoms with Crippen LogP contribution in [-0.2, 0) is 0 Å². The second-order valence-electron chi connectivity index (χ2n) is 4.77. The smallest absolute Gasteiger partial charge is 0.126 e. The van der Waals surface area contributed by atoms with Gasteiger partial charge in [-0.2, -0.15) is 0 Å². The van der Waals surface area contributed by atoms with Crippen LogP contribution in [0.3, 0.4) is 0 Å². The first-order valence-electron chi connectivity index (χ1n) is 5.96. The Morgan fingerprint density at radius 3 is 2.94 bits per heavy atom. The van der Waals surface area contributed by atoms with Gasteiger partial charge in [0, 0.05) is 18.5 Å². The molecule has 0 amide bonds. The SMILES string of the molecule is Cl.Fc1cccc(O[C@H]2CCC3CNCC32)c1. The Bertz CT molecular complexity index is 387. The molecule has 2 unspecified atom stereocenters. The third kappa shape index (κ3) is 2.55. The van der Waals surface area contributed by atoms with Gasteiger partial charge in [-0.3, -0.25) is 0 Å². The molecule has 3 atom stereocenters. The molecule has 1 N–H and O–H groups in total. The quantitative estimate of drug-likeness (QED) is 0.880. The molecule has 2 fully saturated rings. The molecule has 94 valence electrons. The molecular weight excluding hydrogens is 241 g/mol. The van der Waals surface area contributed by atoms with Gasteiger partial charge in [0.1, 0.15) is 17.7 Å². The Hall–Kier alpha value is -0.800. The molecule has 0 radical (unpaired) electrons. The van der Waals surface area contributed by atoms with Gasteiger partial charge in [-0.15, -0.1) is 12.4 Å². The minimum absolute atomic E-state index is 0. The Kier molecular flexibility index (Phi) is 3.89. The lowest BCUT2D eigenvalue weighted by Gasteiger charge is -2.19. The number of benzene rings is 1. The van der Waals surface area contributed by atoms with E-state index >= 15 is 0 Å². The number of rotatable bonds is 2. The lowest BCUT2D eigenvalue weighted by atomic mass is 9.99. The Balaban J connectivity index is 0.00000108. The first-order valence-corrected chi connectivity index (χ1v) is 5.96. The summed E-state index contributed by atoms with van der Waals surface area (Å²) in [5.74, 6) is 1.82. The van der Waals surface area contributed by atoms with Gasteiger partial charge in [0.25, 0.3) is 0 Å². The fourth-order valence-electron chi connectivity index (χ4n) is 2.96. The van der Waals surface area contributed by atoms with E-state index in [4.69, 9.17) is 4.74 Å². The van der Waals surface area contributed by atoms with Crippen LogP contribution in [0.15, 0.2) is 24.3 Å². The minimum Gasteiger partial charge on any atom is -0.490 e. The summed E-state index contributed by atoms with van der Waals surface area (Å²) in [4.78, 5) is 0. The molecule has 2 nitrogen and oxygen atoms in total. The van der Waals surface area contributed by atoms with Crippen LogP contribution in [0.1, 0.15) is 12.8 Å². The van der Waals surface area contributed by atoms with Gasteiger partial charge in [-0.05, 0) is 37.4 Å². The Morgan fingerprint density at radius 1 is 1.24 bits per heavy atom. The first kappa shape index (κ1) is 12.7. The largest absolute Gasteiger partial charge is 0.490 e. The summed E-state index contributed by atoms with van der Waals surface area (Å²) in [6.07, 6.45) is 2.60. The third-order valence-corrected chi connectivity index (χ3v) is 3.78. The van der Waals surface area contributed by atoms with E-state index in [1.54, 1.807) is 6.07 Å². The molecule has 0 bridgehead atoms. The monoisotopic (exact) mass is 257 g/mol. The molecule has 0 aromatic heterocycles. The van der Waals surface area contributed by atoms with Gasteiger partial charge in [-0.25, -0.2) is 4.39 Å². The molecule has 4 heteroatoms. The number of hydrogen-bond acceptors (Lipinski definition) is 2. The van der Waals surface area contributed by atoms with Crippen molar-refractivity contribution in [1.82, 2.24) is 5.32 Å². The van der Waals surface area contributed by atoms with Crippen LogP contribution in [0.2, 0.25) is 0 Å². The van der Waals surface area contributed by atoms with Crippen molar-refractivity contribution in [2.45, 2.75) is 18.9 Å². The van der Waals surface area contributed by atoms with Crippen molar-refractivity contribution in [3.63, 3.8) is 0 Å². The molecule has 0 spiro atoms. The number of hydrogen-bond donors (Lipinski definition) is 1. The number of nitrogens with one attached hydrogen (secondary N) is 1. The van der Waals surface area contributed by atoms with Crippen LogP contribution in [0.5, 0.6) is 5.75 Å². The molecule has 1 heterocycles. The summed E-state index contributed by atoms with van der Waals surface area (Å²) in [5, 5.41) is 3.40. The third-order valence-electron chi connectivity index (χ3n) is 3.78. The Morgan fingerprint density at radius 2 is 2.12 bits per heavy atom. The highest BCUT2D eigenvalue weighted by Gasteiger charge is 2.40. The average Bonchev–Trinajstić information content (AvgIpc) is 2.83. The fourth-order valence-corrected chi connectivity index (χ4v) is 2.96. The Labute approximate surface area is 107 Å². The summed E-state index contributed by atoms with van der Waals surface area (Å²) < 4.78 is 18.9. The normalized spacial score (nSPS) is 30.8. The molecule has 1 aliphatic heterocycles. The van der Waals surface area contributed by atoms with Crippen LogP contribution in [-0.4, -0.2) is 19.2 Å². The van der Waals surface area contributed by atoms with E-state index < -0.39 is 0 Å². The van der Waals surface area contributed by atoms with Crippen molar-refractivity contribution in [1.29, 1.82) is 0 Å². The van der Waals surface area contributed by atoms with Crippen LogP contribution in [0.4, 0.5) is 4.39 Å². The summed E-state index contributed by atoms with van der Waals surface area (Å²) in [5.41, 5.74) is 0. The van der Waals surface area contributed by atoms with Gasteiger partial charge in [-0.1, -0.05) is 6.07 Å². The average molecular weight is 258 g/mol. The zero-order valence-corrected chi connectivity index (χ0v) is 10.4. The van der Waals surface area contributed by atoms with Crippen LogP contribution in [0, 0.1) is 17.7 Å². The summed E-state index contributed by atoms with van der Waals surface area (Å²) >= 11 is 0. The van der Waals surface area contributed by atoms with Gasteiger partial charge < -0.3 is 10.1 Å². The van der Waals surface area contributed by atoms with E-state index in [-0.39, 0.29) is 24.3 Å². The lowest BCUT2D eigenvalue weighted by molar-refractivity contribution is 0.158. The van der Waals surface area contributed by atoms with E-state index in [1.165, 1.54) is 18.6 Å². The summed E-state index contributed by atoms with van der Waals surface area (Å²) in [6, 6.07) is 6.44. The second-order valence-corrected chi connectivity index (χ2v) is 4.77. The van der Waals surface area contributed by atoms with Crippen molar-refractivity contribution in [3.8, 4) is 5.75 Å². The molecule has 1 aliphatic carbocycles. The second kappa shape index (κ2) is 5.23. The lowest BCUT2D eigenvalue weighted by Crippen LogP contribution is -2.26. The fraction of sp³-hybridized carbons (Fsp3) is 0.538. The zero-order valence-electron chi connectivity index (χ0n) is 9.56. The van der Waals surface area contributed by atoms with Gasteiger partial charge in [0.2, 0.25) is 0 Å². The first-order chi connectivity index (χ1) is 7.83. The van der Waals surface area contributed by atoms with Crippen molar-refractivity contribution in [3.05, 3.63) is 30.1 Å². The molecule has 17 heavy (non-hydrogen) atoms. The van der Waals surface area contributed by atoms with Crippen molar-refractivity contribution in [2.24, 2.45) is 11.8 Å². The van der Waals surface area contributed by atoms with E-state index in [9.17, 15) is 4.39 Å². The minimum atomic E-state index is -0.225. The number of ether oxygens (including phenoxy) is 1. The predicted octanol–water partition coefficient (Wildman–Crippen LogP) is 2.62. The van der Waals surface area contributed by atoms with Crippen LogP contribution >= 0.6 is 12.4 Å². The summed E-state index contributed by atoms with van der Waals surface area (Å²) in [6.45, 7) is 2.17. The van der Waals surface area contributed by atoms with Crippen molar-refractivity contribution in [2.75, 3.05) is 13.1 Å². The molecule has 1 saturated carbocycles. The molecule has 1 aromatic rings. The van der Waals surface area contributed by atoms with Gasteiger partial charge >= 0.3 is 0 Å². The highest BCUT2D eigenvalue weighted by Crippen LogP contribution is 2.36. The van der Waals surface area contributed by atoms with Crippen LogP contribution in [0.25, 0.3) is 0 Å². The predicted molar refractivity (Wildman–Crippen MR) is 67.1 cm³/mol. The summed E-state index contributed by atoms with van der Waals surface area (Å²) in [7, 11) is 0. The number of fused-ring (bicyclic) bond motifs is 1. The highest BCUT2D eigenvalue weighted by atomic mass is 35.5. The van der Waals surface area contributed by atoms with Crippen molar-refractivity contribution < 1.29 is 9.13 Å². The molecular formula is C13H17ClFNO. The van der Waals surface area contributed by atoms with Gasteiger partial charge in [0.05, 0.1) is 0 Å². The maximum Gasteiger partial charge on any atom is 0.126 e. The van der Waals surface area contributed by atoms with E-state index in [0.29, 0.717) is 11.7 Å². The van der Waals surface area contributed by atoms with E-state index in [0.717, 1.165) is 25.4 Å². The molecule has 1 saturated heterocycles. The van der Waals surface area contributed by atoms with Gasteiger partial charge in [0.15, 0.2) is 0 Å². The van der Waals surface area contributed by atoms with Crippen LogP contribution < -0.4 is 10.1 Å². The molecule has 3 rings (SSSR count). The highest BCUT2D eigenvalue weighted by molar-refractivity contribution is 5.85. The standard InChI is InChI=1S/C13H16FNO.ClH/c14-10-2-1-3-11(6-10)16-13-5-4-9-7-15-8-12(9)13;/h1-3,6,9,12-13,15H,4-5,7-8H2;1H/t9?,12?,13-;/m0./s1. The molecule has 2 aliphatic rings. The topological polar surface area (TPSA) is 21.3 Å². The van der Waals surface area contributed by atoms with Crippen molar-refractivity contribution >= 4 is 12.4 Å². The maximum absolute atomic E-state index is 13.0. The zero-order chi connectivity index (χ0) is 11.0. The van der Waals surface area contributed by atoms with E-state index in [2.05, 4.69) is 5.32 Å². The van der Waals surface area contributed by atoms with E-state index in [1.807, 2.05) is 6.07 Å².